The molecule has 270 valence electrons. The van der Waals surface area contributed by atoms with Crippen LogP contribution >= 0.6 is 0 Å². The third kappa shape index (κ3) is 4.57. The molecule has 0 N–H and O–H groups in total. The summed E-state index contributed by atoms with van der Waals surface area (Å²) in [6.45, 7) is 0. The van der Waals surface area contributed by atoms with Crippen molar-refractivity contribution in [3.05, 3.63) is 188 Å². The monoisotopic (exact) mass is 741 g/mol. The highest BCUT2D eigenvalue weighted by atomic mass is 16.3. The topological polar surface area (TPSA) is 44.4 Å². The van der Waals surface area contributed by atoms with Crippen LogP contribution in [0.2, 0.25) is 0 Å². The Bertz CT molecular complexity index is 3810. The lowest BCUT2D eigenvalue weighted by Gasteiger charge is -2.11. The zero-order valence-corrected chi connectivity index (χ0v) is 31.1. The van der Waals surface area contributed by atoms with Crippen LogP contribution in [0.25, 0.3) is 127 Å². The van der Waals surface area contributed by atoms with Gasteiger partial charge in [0, 0.05) is 48.8 Å². The van der Waals surface area contributed by atoms with E-state index >= 15 is 0 Å². The SMILES string of the molecule is c1ccc(-c2ccc3oc4ccc(-n5c6ccccc6c6cc(-c7ccc8oc9ccccc9c8c7)ccc65)cc4c3c2)c(-c2ccc3oc4ccccc4c3c2)c1. The summed E-state index contributed by atoms with van der Waals surface area (Å²) in [5, 5.41) is 9.12. The lowest BCUT2D eigenvalue weighted by atomic mass is 9.93. The summed E-state index contributed by atoms with van der Waals surface area (Å²) >= 11 is 0. The predicted octanol–water partition coefficient (Wildman–Crippen LogP) is 15.5. The largest absolute Gasteiger partial charge is 0.456 e. The van der Waals surface area contributed by atoms with Gasteiger partial charge >= 0.3 is 0 Å². The van der Waals surface area contributed by atoms with Crippen LogP contribution in [0.15, 0.2) is 201 Å². The molecule has 0 aliphatic rings. The van der Waals surface area contributed by atoms with Crippen molar-refractivity contribution in [2.45, 2.75) is 0 Å². The number of furan rings is 3. The summed E-state index contributed by atoms with van der Waals surface area (Å²) in [5.41, 5.74) is 15.7. The zero-order valence-electron chi connectivity index (χ0n) is 31.1. The molecule has 0 spiro atoms. The molecule has 58 heavy (non-hydrogen) atoms. The Labute approximate surface area is 331 Å². The number of hydrogen-bond acceptors (Lipinski definition) is 3. The molecule has 4 heteroatoms. The van der Waals surface area contributed by atoms with Gasteiger partial charge in [0.15, 0.2) is 0 Å². The average Bonchev–Trinajstić information content (AvgIpc) is 4.04. The molecule has 0 fully saturated rings. The maximum absolute atomic E-state index is 6.48. The highest BCUT2D eigenvalue weighted by Crippen LogP contribution is 2.41. The molecule has 4 aromatic heterocycles. The first-order valence-corrected chi connectivity index (χ1v) is 19.6. The second-order valence-electron chi connectivity index (χ2n) is 15.2. The van der Waals surface area contributed by atoms with E-state index in [9.17, 15) is 0 Å². The smallest absolute Gasteiger partial charge is 0.135 e. The molecule has 13 rings (SSSR count). The standard InChI is InChI=1S/C54H31NO3/c1-2-10-38(37(9-1)34-19-24-52-44(29-34)41-13-5-8-16-50(41)57-52)35-20-25-53-45(30-35)46-31-36(21-26-54(46)58-53)55-47-14-6-3-11-39(47)42-27-32(17-22-48(42)55)33-18-23-51-43(28-33)40-12-4-7-15-49(40)56-51/h1-31H. The van der Waals surface area contributed by atoms with E-state index in [1.54, 1.807) is 0 Å². The van der Waals surface area contributed by atoms with E-state index in [2.05, 4.69) is 168 Å². The van der Waals surface area contributed by atoms with E-state index < -0.39 is 0 Å². The Balaban J connectivity index is 0.942. The maximum Gasteiger partial charge on any atom is 0.135 e. The number of hydrogen-bond donors (Lipinski definition) is 0. The quantitative estimate of drug-likeness (QED) is 0.180. The fraction of sp³-hybridized carbons (Fsp3) is 0. The van der Waals surface area contributed by atoms with Crippen LogP contribution in [0.3, 0.4) is 0 Å². The van der Waals surface area contributed by atoms with Gasteiger partial charge in [-0.1, -0.05) is 103 Å². The Morgan fingerprint density at radius 2 is 0.655 bits per heavy atom. The predicted molar refractivity (Wildman–Crippen MR) is 239 cm³/mol. The van der Waals surface area contributed by atoms with Gasteiger partial charge in [-0.2, -0.15) is 0 Å². The first-order chi connectivity index (χ1) is 28.7. The number of benzene rings is 9. The molecular weight excluding hydrogens is 711 g/mol. The fourth-order valence-corrected chi connectivity index (χ4v) is 9.29. The van der Waals surface area contributed by atoms with Crippen molar-refractivity contribution in [2.24, 2.45) is 0 Å². The Hall–Kier alpha value is -7.82. The van der Waals surface area contributed by atoms with E-state index in [0.29, 0.717) is 0 Å². The normalized spacial score (nSPS) is 12.1. The van der Waals surface area contributed by atoms with Crippen LogP contribution in [0.5, 0.6) is 0 Å². The Kier molecular flexibility index (Phi) is 6.41. The summed E-state index contributed by atoms with van der Waals surface area (Å²) in [6, 6.07) is 66.8. The minimum absolute atomic E-state index is 0.867. The van der Waals surface area contributed by atoms with Crippen LogP contribution in [-0.2, 0) is 0 Å². The van der Waals surface area contributed by atoms with Crippen LogP contribution < -0.4 is 0 Å². The van der Waals surface area contributed by atoms with Crippen LogP contribution in [0.4, 0.5) is 0 Å². The van der Waals surface area contributed by atoms with Gasteiger partial charge in [0.2, 0.25) is 0 Å². The van der Waals surface area contributed by atoms with Gasteiger partial charge in [-0.25, -0.2) is 0 Å². The van der Waals surface area contributed by atoms with E-state index in [1.165, 1.54) is 27.5 Å². The number of fused-ring (bicyclic) bond motifs is 12. The summed E-state index contributed by atoms with van der Waals surface area (Å²) in [5.74, 6) is 0. The molecule has 0 unspecified atom stereocenters. The molecule has 0 radical (unpaired) electrons. The Morgan fingerprint density at radius 1 is 0.259 bits per heavy atom. The molecule has 4 nitrogen and oxygen atoms in total. The van der Waals surface area contributed by atoms with Gasteiger partial charge in [-0.15, -0.1) is 0 Å². The van der Waals surface area contributed by atoms with Crippen molar-refractivity contribution in [3.8, 4) is 39.1 Å². The number of nitrogens with zero attached hydrogens (tertiary/aromatic N) is 1. The van der Waals surface area contributed by atoms with Crippen molar-refractivity contribution in [3.63, 3.8) is 0 Å². The molecule has 0 saturated carbocycles. The highest BCUT2D eigenvalue weighted by molar-refractivity contribution is 6.13. The van der Waals surface area contributed by atoms with Crippen LogP contribution in [-0.4, -0.2) is 4.57 Å². The van der Waals surface area contributed by atoms with E-state index in [1.807, 2.05) is 24.3 Å². The van der Waals surface area contributed by atoms with Crippen LogP contribution in [0, 0.1) is 0 Å². The van der Waals surface area contributed by atoms with Crippen LogP contribution in [0.1, 0.15) is 0 Å². The van der Waals surface area contributed by atoms with Crippen molar-refractivity contribution < 1.29 is 13.3 Å². The minimum atomic E-state index is 0.867. The lowest BCUT2D eigenvalue weighted by molar-refractivity contribution is 0.668. The molecule has 0 amide bonds. The Morgan fingerprint density at radius 3 is 1.28 bits per heavy atom. The molecule has 13 aromatic rings. The molecule has 4 heterocycles. The van der Waals surface area contributed by atoms with Crippen molar-refractivity contribution >= 4 is 87.6 Å². The first-order valence-electron chi connectivity index (χ1n) is 19.6. The van der Waals surface area contributed by atoms with Gasteiger partial charge < -0.3 is 17.8 Å². The second kappa shape index (κ2) is 11.8. The van der Waals surface area contributed by atoms with E-state index in [4.69, 9.17) is 13.3 Å². The van der Waals surface area contributed by atoms with Gasteiger partial charge in [-0.05, 0) is 118 Å². The molecule has 0 aliphatic heterocycles. The average molecular weight is 742 g/mol. The van der Waals surface area contributed by atoms with E-state index in [0.717, 1.165) is 99.2 Å². The second-order valence-corrected chi connectivity index (χ2v) is 15.2. The third-order valence-corrected chi connectivity index (χ3v) is 12.0. The number of aromatic nitrogens is 1. The summed E-state index contributed by atoms with van der Waals surface area (Å²) in [6.07, 6.45) is 0. The van der Waals surface area contributed by atoms with Gasteiger partial charge in [0.05, 0.1) is 11.0 Å². The lowest BCUT2D eigenvalue weighted by Crippen LogP contribution is -1.93. The van der Waals surface area contributed by atoms with Crippen molar-refractivity contribution in [1.29, 1.82) is 0 Å². The fourth-order valence-electron chi connectivity index (χ4n) is 9.29. The molecule has 9 aromatic carbocycles. The van der Waals surface area contributed by atoms with Gasteiger partial charge in [0.25, 0.3) is 0 Å². The van der Waals surface area contributed by atoms with Crippen molar-refractivity contribution in [2.75, 3.05) is 0 Å². The van der Waals surface area contributed by atoms with E-state index in [-0.39, 0.29) is 0 Å². The third-order valence-electron chi connectivity index (χ3n) is 12.0. The molecule has 0 saturated heterocycles. The minimum Gasteiger partial charge on any atom is -0.456 e. The summed E-state index contributed by atoms with van der Waals surface area (Å²) in [7, 11) is 0. The summed E-state index contributed by atoms with van der Waals surface area (Å²) in [4.78, 5) is 0. The molecule has 0 aliphatic carbocycles. The molecule has 0 atom stereocenters. The highest BCUT2D eigenvalue weighted by Gasteiger charge is 2.18. The number of rotatable bonds is 4. The first kappa shape index (κ1) is 31.4. The van der Waals surface area contributed by atoms with Gasteiger partial charge in [0.1, 0.15) is 33.5 Å². The summed E-state index contributed by atoms with van der Waals surface area (Å²) < 4.78 is 21.1. The zero-order chi connectivity index (χ0) is 37.9. The van der Waals surface area contributed by atoms with Crippen molar-refractivity contribution in [1.82, 2.24) is 4.57 Å². The maximum atomic E-state index is 6.48. The molecular formula is C54H31NO3. The van der Waals surface area contributed by atoms with Gasteiger partial charge in [-0.3, -0.25) is 0 Å². The molecule has 0 bridgehead atoms. The number of para-hydroxylation sites is 3.